The minimum Gasteiger partial charge on any atom is -0.348 e. The van der Waals surface area contributed by atoms with Crippen molar-refractivity contribution in [2.75, 3.05) is 11.1 Å². The first-order chi connectivity index (χ1) is 16.5. The van der Waals surface area contributed by atoms with Crippen LogP contribution in [-0.4, -0.2) is 32.3 Å². The van der Waals surface area contributed by atoms with Crippen LogP contribution in [0.4, 0.5) is 10.1 Å². The molecular formula is C25H22FN5O2S. The number of thioether (sulfide) groups is 1. The molecule has 0 fully saturated rings. The van der Waals surface area contributed by atoms with Gasteiger partial charge in [-0.25, -0.2) is 4.39 Å². The number of para-hydroxylation sites is 1. The van der Waals surface area contributed by atoms with Crippen LogP contribution in [0.1, 0.15) is 15.9 Å². The molecule has 0 spiro atoms. The largest absolute Gasteiger partial charge is 0.348 e. The van der Waals surface area contributed by atoms with Gasteiger partial charge < -0.3 is 15.2 Å². The van der Waals surface area contributed by atoms with Gasteiger partial charge in [0.25, 0.3) is 5.91 Å². The van der Waals surface area contributed by atoms with Crippen molar-refractivity contribution in [3.8, 4) is 11.4 Å². The molecule has 0 bridgehead atoms. The third-order valence-electron chi connectivity index (χ3n) is 5.01. The van der Waals surface area contributed by atoms with E-state index in [1.807, 2.05) is 30.3 Å². The number of halogens is 1. The second-order valence-electron chi connectivity index (χ2n) is 7.42. The maximum Gasteiger partial charge on any atom is 0.253 e. The molecule has 4 rings (SSSR count). The van der Waals surface area contributed by atoms with Crippen molar-refractivity contribution in [1.82, 2.24) is 20.1 Å². The molecule has 7 nitrogen and oxygen atoms in total. The smallest absolute Gasteiger partial charge is 0.253 e. The molecule has 0 unspecified atom stereocenters. The lowest BCUT2D eigenvalue weighted by Crippen LogP contribution is -2.25. The summed E-state index contributed by atoms with van der Waals surface area (Å²) in [6.07, 6.45) is 0. The van der Waals surface area contributed by atoms with E-state index in [4.69, 9.17) is 0 Å². The minimum atomic E-state index is -0.328. The van der Waals surface area contributed by atoms with E-state index in [1.54, 1.807) is 48.0 Å². The van der Waals surface area contributed by atoms with Crippen molar-refractivity contribution >= 4 is 29.3 Å². The summed E-state index contributed by atoms with van der Waals surface area (Å²) >= 11 is 1.22. The van der Waals surface area contributed by atoms with E-state index in [2.05, 4.69) is 20.8 Å². The van der Waals surface area contributed by atoms with Gasteiger partial charge in [-0.05, 0) is 42.0 Å². The summed E-state index contributed by atoms with van der Waals surface area (Å²) in [6.45, 7) is 0.389. The monoisotopic (exact) mass is 475 g/mol. The van der Waals surface area contributed by atoms with Crippen molar-refractivity contribution in [2.24, 2.45) is 7.05 Å². The summed E-state index contributed by atoms with van der Waals surface area (Å²) in [5, 5.41) is 14.5. The highest BCUT2D eigenvalue weighted by Crippen LogP contribution is 2.23. The Kier molecular flexibility index (Phi) is 7.34. The fourth-order valence-corrected chi connectivity index (χ4v) is 3.98. The number of amides is 2. The molecule has 0 aliphatic carbocycles. The van der Waals surface area contributed by atoms with Crippen LogP contribution in [0.5, 0.6) is 0 Å². The number of hydrogen-bond donors (Lipinski definition) is 2. The van der Waals surface area contributed by atoms with Crippen LogP contribution < -0.4 is 10.6 Å². The molecule has 3 aromatic carbocycles. The average Bonchev–Trinajstić information content (AvgIpc) is 3.23. The Balaban J connectivity index is 1.37. The molecule has 2 N–H and O–H groups in total. The van der Waals surface area contributed by atoms with Crippen LogP contribution >= 0.6 is 11.8 Å². The first-order valence-electron chi connectivity index (χ1n) is 10.5. The molecule has 1 aromatic heterocycles. The van der Waals surface area contributed by atoms with Crippen LogP contribution in [0.25, 0.3) is 11.4 Å². The molecule has 0 atom stereocenters. The fourth-order valence-electron chi connectivity index (χ4n) is 3.27. The van der Waals surface area contributed by atoms with Crippen molar-refractivity contribution in [2.45, 2.75) is 11.7 Å². The first-order valence-corrected chi connectivity index (χ1v) is 11.5. The van der Waals surface area contributed by atoms with Crippen molar-refractivity contribution < 1.29 is 14.0 Å². The number of aromatic nitrogens is 3. The van der Waals surface area contributed by atoms with Gasteiger partial charge in [0.2, 0.25) is 5.91 Å². The molecule has 34 heavy (non-hydrogen) atoms. The van der Waals surface area contributed by atoms with Crippen LogP contribution in [0.3, 0.4) is 0 Å². The Labute approximate surface area is 200 Å². The van der Waals surface area contributed by atoms with Crippen molar-refractivity contribution in [3.63, 3.8) is 0 Å². The number of nitrogens with zero attached hydrogens (tertiary/aromatic N) is 3. The lowest BCUT2D eigenvalue weighted by molar-refractivity contribution is -0.113. The second-order valence-corrected chi connectivity index (χ2v) is 8.37. The summed E-state index contributed by atoms with van der Waals surface area (Å²) < 4.78 is 14.9. The summed E-state index contributed by atoms with van der Waals surface area (Å²) in [6, 6.07) is 22.4. The normalized spacial score (nSPS) is 10.6. The fraction of sp³-hybridized carbons (Fsp3) is 0.120. The number of carbonyl (C=O) groups is 2. The SMILES string of the molecule is Cn1c(SCC(=O)Nc2ccccc2C(=O)NCc2ccccc2)nnc1-c1ccc(F)cc1. The van der Waals surface area contributed by atoms with E-state index in [-0.39, 0.29) is 23.4 Å². The summed E-state index contributed by atoms with van der Waals surface area (Å²) in [5.41, 5.74) is 2.53. The van der Waals surface area contributed by atoms with Gasteiger partial charge in [-0.2, -0.15) is 0 Å². The molecule has 0 aliphatic heterocycles. The maximum absolute atomic E-state index is 13.2. The standard InChI is InChI=1S/C25H22FN5O2S/c1-31-23(18-11-13-19(26)14-12-18)29-30-25(31)34-16-22(32)28-21-10-6-5-9-20(21)24(33)27-15-17-7-3-2-4-8-17/h2-14H,15-16H2,1H3,(H,27,33)(H,28,32). The zero-order valence-corrected chi connectivity index (χ0v) is 19.2. The van der Waals surface area contributed by atoms with E-state index in [1.165, 1.54) is 23.9 Å². The highest BCUT2D eigenvalue weighted by atomic mass is 32.2. The highest BCUT2D eigenvalue weighted by Gasteiger charge is 2.16. The molecule has 1 heterocycles. The highest BCUT2D eigenvalue weighted by molar-refractivity contribution is 7.99. The Morgan fingerprint density at radius 2 is 1.65 bits per heavy atom. The molecular weight excluding hydrogens is 453 g/mol. The molecule has 172 valence electrons. The van der Waals surface area contributed by atoms with E-state index >= 15 is 0 Å². The second kappa shape index (κ2) is 10.8. The molecule has 0 aliphatic rings. The third-order valence-corrected chi connectivity index (χ3v) is 6.03. The molecule has 2 amide bonds. The molecule has 9 heteroatoms. The van der Waals surface area contributed by atoms with Gasteiger partial charge in [-0.3, -0.25) is 9.59 Å². The predicted molar refractivity (Wildman–Crippen MR) is 130 cm³/mol. The molecule has 0 radical (unpaired) electrons. The Morgan fingerprint density at radius 1 is 0.941 bits per heavy atom. The van der Waals surface area contributed by atoms with Crippen LogP contribution in [0, 0.1) is 5.82 Å². The van der Waals surface area contributed by atoms with Gasteiger partial charge >= 0.3 is 0 Å². The van der Waals surface area contributed by atoms with Crippen molar-refractivity contribution in [1.29, 1.82) is 0 Å². The van der Waals surface area contributed by atoms with Gasteiger partial charge in [0.05, 0.1) is 17.0 Å². The summed E-state index contributed by atoms with van der Waals surface area (Å²) in [5.74, 6) is -0.228. The van der Waals surface area contributed by atoms with Gasteiger partial charge in [-0.1, -0.05) is 54.2 Å². The minimum absolute atomic E-state index is 0.0787. The number of benzene rings is 3. The maximum atomic E-state index is 13.2. The summed E-state index contributed by atoms with van der Waals surface area (Å²) in [4.78, 5) is 25.3. The lowest BCUT2D eigenvalue weighted by Gasteiger charge is -2.11. The number of nitrogens with one attached hydrogen (secondary N) is 2. The van der Waals surface area contributed by atoms with Gasteiger partial charge in [0, 0.05) is 19.2 Å². The van der Waals surface area contributed by atoms with E-state index < -0.39 is 0 Å². The number of rotatable bonds is 8. The zero-order valence-electron chi connectivity index (χ0n) is 18.4. The van der Waals surface area contributed by atoms with E-state index in [9.17, 15) is 14.0 Å². The quantitative estimate of drug-likeness (QED) is 0.371. The molecule has 0 saturated carbocycles. The first kappa shape index (κ1) is 23.2. The Bertz CT molecular complexity index is 1290. The van der Waals surface area contributed by atoms with Crippen LogP contribution in [0.2, 0.25) is 0 Å². The average molecular weight is 476 g/mol. The predicted octanol–water partition coefficient (Wildman–Crippen LogP) is 4.28. The topological polar surface area (TPSA) is 88.9 Å². The van der Waals surface area contributed by atoms with Crippen molar-refractivity contribution in [3.05, 3.63) is 95.8 Å². The third kappa shape index (κ3) is 5.68. The lowest BCUT2D eigenvalue weighted by atomic mass is 10.1. The number of carbonyl (C=O) groups excluding carboxylic acids is 2. The van der Waals surface area contributed by atoms with Crippen LogP contribution in [-0.2, 0) is 18.4 Å². The zero-order chi connectivity index (χ0) is 23.9. The number of hydrogen-bond acceptors (Lipinski definition) is 5. The summed E-state index contributed by atoms with van der Waals surface area (Å²) in [7, 11) is 1.78. The van der Waals surface area contributed by atoms with Gasteiger partial charge in [0.1, 0.15) is 5.82 Å². The molecule has 0 saturated heterocycles. The Morgan fingerprint density at radius 3 is 2.41 bits per heavy atom. The molecule has 4 aromatic rings. The van der Waals surface area contributed by atoms with E-state index in [0.717, 1.165) is 11.1 Å². The van der Waals surface area contributed by atoms with Gasteiger partial charge in [0.15, 0.2) is 11.0 Å². The van der Waals surface area contributed by atoms with Crippen LogP contribution in [0.15, 0.2) is 84.0 Å². The van der Waals surface area contributed by atoms with E-state index in [0.29, 0.717) is 28.8 Å². The van der Waals surface area contributed by atoms with Gasteiger partial charge in [-0.15, -0.1) is 10.2 Å². The Hall–Kier alpha value is -3.98. The number of anilines is 1.